The van der Waals surface area contributed by atoms with Crippen LogP contribution in [0.15, 0.2) is 84.2 Å². The Morgan fingerprint density at radius 3 is 2.36 bits per heavy atom. The summed E-state index contributed by atoms with van der Waals surface area (Å²) in [6, 6.07) is 25.3. The van der Waals surface area contributed by atoms with Crippen molar-refractivity contribution >= 4 is 22.4 Å². The second-order valence-electron chi connectivity index (χ2n) is 6.17. The fourth-order valence-corrected chi connectivity index (χ4v) is 3.57. The van der Waals surface area contributed by atoms with E-state index in [1.807, 2.05) is 84.2 Å². The molecule has 1 N–H and O–H groups in total. The van der Waals surface area contributed by atoms with Gasteiger partial charge in [-0.25, -0.2) is 4.98 Å². The Kier molecular flexibility index (Phi) is 5.17. The van der Waals surface area contributed by atoms with Crippen molar-refractivity contribution in [3.05, 3.63) is 89.8 Å². The molecular formula is C23H18N2O2S. The predicted octanol–water partition coefficient (Wildman–Crippen LogP) is 5.74. The Morgan fingerprint density at radius 2 is 1.61 bits per heavy atom. The van der Waals surface area contributed by atoms with Gasteiger partial charge in [0.15, 0.2) is 5.13 Å². The second-order valence-corrected chi connectivity index (χ2v) is 7.03. The first-order valence-electron chi connectivity index (χ1n) is 8.80. The number of hydrogen-bond donors (Lipinski definition) is 1. The molecule has 1 amide bonds. The third-order valence-corrected chi connectivity index (χ3v) is 5.10. The van der Waals surface area contributed by atoms with Crippen LogP contribution in [0.3, 0.4) is 0 Å². The maximum Gasteiger partial charge on any atom is 0.257 e. The number of benzene rings is 3. The smallest absolute Gasteiger partial charge is 0.257 e. The highest BCUT2D eigenvalue weighted by Crippen LogP contribution is 2.28. The van der Waals surface area contributed by atoms with Crippen LogP contribution in [-0.2, 0) is 0 Å². The Labute approximate surface area is 167 Å². The summed E-state index contributed by atoms with van der Waals surface area (Å²) < 4.78 is 5.25. The average Bonchev–Trinajstić information content (AvgIpc) is 3.23. The normalized spacial score (nSPS) is 10.5. The van der Waals surface area contributed by atoms with E-state index in [9.17, 15) is 4.79 Å². The zero-order valence-electron chi connectivity index (χ0n) is 15.3. The third kappa shape index (κ3) is 3.94. The minimum Gasteiger partial charge on any atom is -0.497 e. The molecule has 1 heterocycles. The molecule has 4 rings (SSSR count). The summed E-state index contributed by atoms with van der Waals surface area (Å²) in [5, 5.41) is 5.36. The first kappa shape index (κ1) is 17.9. The molecule has 0 aliphatic rings. The fourth-order valence-electron chi connectivity index (χ4n) is 2.86. The van der Waals surface area contributed by atoms with Crippen LogP contribution in [0, 0.1) is 0 Å². The van der Waals surface area contributed by atoms with Crippen LogP contribution in [0.25, 0.3) is 22.4 Å². The SMILES string of the molecule is COc1cccc(-c2csc(NC(=O)c3ccc(-c4ccccc4)cc3)n2)c1. The van der Waals surface area contributed by atoms with Crippen molar-refractivity contribution in [3.63, 3.8) is 0 Å². The molecule has 138 valence electrons. The van der Waals surface area contributed by atoms with E-state index >= 15 is 0 Å². The molecule has 1 aromatic heterocycles. The van der Waals surface area contributed by atoms with Crippen LogP contribution < -0.4 is 10.1 Å². The molecular weight excluding hydrogens is 368 g/mol. The number of carbonyl (C=O) groups is 1. The molecule has 0 fully saturated rings. The van der Waals surface area contributed by atoms with Gasteiger partial charge in [-0.15, -0.1) is 11.3 Å². The molecule has 0 atom stereocenters. The lowest BCUT2D eigenvalue weighted by molar-refractivity contribution is 0.102. The molecule has 28 heavy (non-hydrogen) atoms. The molecule has 3 aromatic carbocycles. The van der Waals surface area contributed by atoms with Gasteiger partial charge in [0, 0.05) is 16.5 Å². The van der Waals surface area contributed by atoms with E-state index in [-0.39, 0.29) is 5.91 Å². The highest BCUT2D eigenvalue weighted by molar-refractivity contribution is 7.14. The number of nitrogens with one attached hydrogen (secondary N) is 1. The zero-order valence-corrected chi connectivity index (χ0v) is 16.1. The summed E-state index contributed by atoms with van der Waals surface area (Å²) >= 11 is 1.40. The first-order valence-corrected chi connectivity index (χ1v) is 9.68. The summed E-state index contributed by atoms with van der Waals surface area (Å²) in [4.78, 5) is 17.1. The largest absolute Gasteiger partial charge is 0.497 e. The molecule has 5 heteroatoms. The van der Waals surface area contributed by atoms with Gasteiger partial charge in [-0.05, 0) is 35.4 Å². The quantitative estimate of drug-likeness (QED) is 0.476. The summed E-state index contributed by atoms with van der Waals surface area (Å²) in [5.74, 6) is 0.598. The van der Waals surface area contributed by atoms with Crippen molar-refractivity contribution in [2.75, 3.05) is 12.4 Å². The van der Waals surface area contributed by atoms with E-state index in [1.165, 1.54) is 11.3 Å². The van der Waals surface area contributed by atoms with Crippen LogP contribution in [0.1, 0.15) is 10.4 Å². The molecule has 4 aromatic rings. The van der Waals surface area contributed by atoms with Crippen molar-refractivity contribution in [2.45, 2.75) is 0 Å². The fraction of sp³-hybridized carbons (Fsp3) is 0.0435. The second kappa shape index (κ2) is 8.06. The van der Waals surface area contributed by atoms with Gasteiger partial charge in [-0.1, -0.05) is 54.6 Å². The molecule has 0 radical (unpaired) electrons. The summed E-state index contributed by atoms with van der Waals surface area (Å²) in [6.45, 7) is 0. The van der Waals surface area contributed by atoms with Gasteiger partial charge in [0.25, 0.3) is 5.91 Å². The molecule has 0 bridgehead atoms. The van der Waals surface area contributed by atoms with Crippen LogP contribution in [0.2, 0.25) is 0 Å². The lowest BCUT2D eigenvalue weighted by atomic mass is 10.0. The van der Waals surface area contributed by atoms with Crippen molar-refractivity contribution < 1.29 is 9.53 Å². The maximum atomic E-state index is 12.5. The minimum absolute atomic E-state index is 0.175. The van der Waals surface area contributed by atoms with Crippen molar-refractivity contribution in [1.29, 1.82) is 0 Å². The van der Waals surface area contributed by atoms with E-state index in [0.29, 0.717) is 10.7 Å². The van der Waals surface area contributed by atoms with E-state index in [0.717, 1.165) is 28.1 Å². The maximum absolute atomic E-state index is 12.5. The van der Waals surface area contributed by atoms with Crippen molar-refractivity contribution in [1.82, 2.24) is 4.98 Å². The average molecular weight is 386 g/mol. The number of thiazole rings is 1. The Morgan fingerprint density at radius 1 is 0.893 bits per heavy atom. The zero-order chi connectivity index (χ0) is 19.3. The van der Waals surface area contributed by atoms with Gasteiger partial charge >= 0.3 is 0 Å². The topological polar surface area (TPSA) is 51.2 Å². The molecule has 0 saturated heterocycles. The lowest BCUT2D eigenvalue weighted by Gasteiger charge is -2.05. The molecule has 0 spiro atoms. The highest BCUT2D eigenvalue weighted by atomic mass is 32.1. The van der Waals surface area contributed by atoms with Crippen molar-refractivity contribution in [2.24, 2.45) is 0 Å². The van der Waals surface area contributed by atoms with Crippen LogP contribution in [-0.4, -0.2) is 18.0 Å². The predicted molar refractivity (Wildman–Crippen MR) is 114 cm³/mol. The number of amides is 1. The van der Waals surface area contributed by atoms with Crippen molar-refractivity contribution in [3.8, 4) is 28.1 Å². The van der Waals surface area contributed by atoms with E-state index < -0.39 is 0 Å². The number of hydrogen-bond acceptors (Lipinski definition) is 4. The molecule has 0 saturated carbocycles. The van der Waals surface area contributed by atoms with Gasteiger partial charge in [0.2, 0.25) is 0 Å². The third-order valence-electron chi connectivity index (χ3n) is 4.34. The summed E-state index contributed by atoms with van der Waals surface area (Å²) in [6.07, 6.45) is 0. The Hall–Kier alpha value is -3.44. The highest BCUT2D eigenvalue weighted by Gasteiger charge is 2.11. The van der Waals surface area contributed by atoms with E-state index in [1.54, 1.807) is 7.11 Å². The Bertz CT molecular complexity index is 1090. The number of methoxy groups -OCH3 is 1. The van der Waals surface area contributed by atoms with Crippen LogP contribution >= 0.6 is 11.3 Å². The molecule has 0 aliphatic heterocycles. The minimum atomic E-state index is -0.175. The van der Waals surface area contributed by atoms with Gasteiger partial charge in [-0.2, -0.15) is 0 Å². The standard InChI is InChI=1S/C23H18N2O2S/c1-27-20-9-5-8-19(14-20)21-15-28-23(24-21)25-22(26)18-12-10-17(11-13-18)16-6-3-2-4-7-16/h2-15H,1H3,(H,24,25,26). The number of aromatic nitrogens is 1. The summed E-state index contributed by atoms with van der Waals surface area (Å²) in [5.41, 5.74) is 4.55. The molecule has 4 nitrogen and oxygen atoms in total. The van der Waals surface area contributed by atoms with E-state index in [4.69, 9.17) is 4.74 Å². The van der Waals surface area contributed by atoms with Crippen LogP contribution in [0.4, 0.5) is 5.13 Å². The van der Waals surface area contributed by atoms with Gasteiger partial charge in [-0.3, -0.25) is 10.1 Å². The van der Waals surface area contributed by atoms with Gasteiger partial charge in [0.05, 0.1) is 12.8 Å². The number of carbonyl (C=O) groups excluding carboxylic acids is 1. The summed E-state index contributed by atoms with van der Waals surface area (Å²) in [7, 11) is 1.63. The lowest BCUT2D eigenvalue weighted by Crippen LogP contribution is -2.11. The first-order chi connectivity index (χ1) is 13.7. The molecule has 0 unspecified atom stereocenters. The number of nitrogens with zero attached hydrogens (tertiary/aromatic N) is 1. The Balaban J connectivity index is 1.47. The number of ether oxygens (including phenoxy) is 1. The number of rotatable bonds is 5. The van der Waals surface area contributed by atoms with Gasteiger partial charge in [0.1, 0.15) is 5.75 Å². The van der Waals surface area contributed by atoms with Gasteiger partial charge < -0.3 is 4.74 Å². The van der Waals surface area contributed by atoms with Crippen LogP contribution in [0.5, 0.6) is 5.75 Å². The van der Waals surface area contributed by atoms with E-state index in [2.05, 4.69) is 10.3 Å². The number of anilines is 1. The molecule has 0 aliphatic carbocycles. The monoisotopic (exact) mass is 386 g/mol.